The number of rotatable bonds is 7. The van der Waals surface area contributed by atoms with E-state index in [0.717, 1.165) is 52.4 Å². The van der Waals surface area contributed by atoms with Crippen molar-refractivity contribution in [3.63, 3.8) is 0 Å². The van der Waals surface area contributed by atoms with E-state index < -0.39 is 0 Å². The highest BCUT2D eigenvalue weighted by molar-refractivity contribution is 4.72. The molecule has 0 aliphatic carbocycles. The Morgan fingerprint density at radius 2 is 2.40 bits per heavy atom. The van der Waals surface area contributed by atoms with Crippen molar-refractivity contribution in [2.75, 3.05) is 53.0 Å². The first-order valence-electron chi connectivity index (χ1n) is 5.93. The molecule has 1 heterocycles. The Balaban J connectivity index is 2.07. The van der Waals surface area contributed by atoms with E-state index in [0.29, 0.717) is 6.10 Å². The fourth-order valence-electron chi connectivity index (χ4n) is 1.87. The summed E-state index contributed by atoms with van der Waals surface area (Å²) in [6.07, 6.45) is 1.48. The van der Waals surface area contributed by atoms with Crippen molar-refractivity contribution in [1.29, 1.82) is 0 Å². The zero-order valence-electron chi connectivity index (χ0n) is 10.00. The molecule has 1 atom stereocenters. The first kappa shape index (κ1) is 12.9. The summed E-state index contributed by atoms with van der Waals surface area (Å²) in [5, 5.41) is 3.16. The number of nitrogens with zero attached hydrogens (tertiary/aromatic N) is 1. The highest BCUT2D eigenvalue weighted by atomic mass is 16.5. The molecule has 1 N–H and O–H groups in total. The fourth-order valence-corrected chi connectivity index (χ4v) is 1.87. The predicted octanol–water partition coefficient (Wildman–Crippen LogP) is 0.333. The summed E-state index contributed by atoms with van der Waals surface area (Å²) in [5.74, 6) is 0. The van der Waals surface area contributed by atoms with Crippen LogP contribution in [0.15, 0.2) is 0 Å². The first-order valence-corrected chi connectivity index (χ1v) is 5.93. The number of hydrogen-bond acceptors (Lipinski definition) is 4. The Bertz CT molecular complexity index is 154. The summed E-state index contributed by atoms with van der Waals surface area (Å²) >= 11 is 0. The van der Waals surface area contributed by atoms with Crippen LogP contribution in [0.2, 0.25) is 0 Å². The Morgan fingerprint density at radius 3 is 3.13 bits per heavy atom. The van der Waals surface area contributed by atoms with Crippen LogP contribution in [0.25, 0.3) is 0 Å². The smallest absolute Gasteiger partial charge is 0.0826 e. The highest BCUT2D eigenvalue weighted by Crippen LogP contribution is 2.04. The van der Waals surface area contributed by atoms with E-state index in [4.69, 9.17) is 9.47 Å². The molecule has 1 rings (SSSR count). The lowest BCUT2D eigenvalue weighted by atomic mass is 10.2. The van der Waals surface area contributed by atoms with Gasteiger partial charge in [0.15, 0.2) is 0 Å². The van der Waals surface area contributed by atoms with Crippen LogP contribution in [0.5, 0.6) is 0 Å². The standard InChI is InChI=1S/C11H24N2O2/c1-3-14-7-4-5-13-6-8-15-11(10-13)9-12-2/h11-12H,3-10H2,1-2H3. The predicted molar refractivity (Wildman–Crippen MR) is 61.2 cm³/mol. The van der Waals surface area contributed by atoms with Gasteiger partial charge in [0.2, 0.25) is 0 Å². The lowest BCUT2D eigenvalue weighted by Gasteiger charge is -2.32. The summed E-state index contributed by atoms with van der Waals surface area (Å²) in [6, 6.07) is 0. The van der Waals surface area contributed by atoms with Gasteiger partial charge < -0.3 is 14.8 Å². The quantitative estimate of drug-likeness (QED) is 0.622. The summed E-state index contributed by atoms with van der Waals surface area (Å²) in [6.45, 7) is 8.79. The van der Waals surface area contributed by atoms with Gasteiger partial charge in [-0.2, -0.15) is 0 Å². The minimum atomic E-state index is 0.357. The highest BCUT2D eigenvalue weighted by Gasteiger charge is 2.18. The summed E-state index contributed by atoms with van der Waals surface area (Å²) in [7, 11) is 1.97. The molecule has 1 saturated heterocycles. The second kappa shape index (κ2) is 8.05. The van der Waals surface area contributed by atoms with Crippen LogP contribution in [-0.2, 0) is 9.47 Å². The van der Waals surface area contributed by atoms with Crippen molar-refractivity contribution < 1.29 is 9.47 Å². The van der Waals surface area contributed by atoms with E-state index in [-0.39, 0.29) is 0 Å². The van der Waals surface area contributed by atoms with Gasteiger partial charge in [-0.3, -0.25) is 4.90 Å². The molecule has 0 spiro atoms. The molecule has 1 fully saturated rings. The molecule has 0 amide bonds. The maximum atomic E-state index is 5.64. The third-order valence-electron chi connectivity index (χ3n) is 2.62. The van der Waals surface area contributed by atoms with Crippen molar-refractivity contribution in [3.8, 4) is 0 Å². The molecule has 1 unspecified atom stereocenters. The van der Waals surface area contributed by atoms with Gasteiger partial charge in [0, 0.05) is 39.4 Å². The molecule has 1 aliphatic rings. The van der Waals surface area contributed by atoms with Gasteiger partial charge in [-0.05, 0) is 20.4 Å². The SMILES string of the molecule is CCOCCCN1CCOC(CNC)C1. The van der Waals surface area contributed by atoms with Crippen LogP contribution < -0.4 is 5.32 Å². The minimum Gasteiger partial charge on any atom is -0.382 e. The summed E-state index contributed by atoms with van der Waals surface area (Å²) < 4.78 is 11.0. The number of likely N-dealkylation sites (N-methyl/N-ethyl adjacent to an activating group) is 1. The minimum absolute atomic E-state index is 0.357. The molecule has 0 aromatic rings. The normalized spacial score (nSPS) is 23.2. The van der Waals surface area contributed by atoms with Crippen LogP contribution in [0.1, 0.15) is 13.3 Å². The van der Waals surface area contributed by atoms with Gasteiger partial charge >= 0.3 is 0 Å². The zero-order chi connectivity index (χ0) is 10.9. The van der Waals surface area contributed by atoms with Gasteiger partial charge in [-0.25, -0.2) is 0 Å². The number of hydrogen-bond donors (Lipinski definition) is 1. The molecule has 90 valence electrons. The molecule has 0 saturated carbocycles. The van der Waals surface area contributed by atoms with E-state index in [9.17, 15) is 0 Å². The van der Waals surface area contributed by atoms with Crippen molar-refractivity contribution in [2.45, 2.75) is 19.4 Å². The van der Waals surface area contributed by atoms with E-state index in [1.165, 1.54) is 0 Å². The first-order chi connectivity index (χ1) is 7.36. The topological polar surface area (TPSA) is 33.7 Å². The van der Waals surface area contributed by atoms with Gasteiger partial charge in [-0.1, -0.05) is 0 Å². The lowest BCUT2D eigenvalue weighted by Crippen LogP contribution is -2.46. The van der Waals surface area contributed by atoms with Crippen LogP contribution in [0.4, 0.5) is 0 Å². The average molecular weight is 216 g/mol. The van der Waals surface area contributed by atoms with Gasteiger partial charge in [0.25, 0.3) is 0 Å². The average Bonchev–Trinajstić information content (AvgIpc) is 2.26. The van der Waals surface area contributed by atoms with Crippen LogP contribution in [0.3, 0.4) is 0 Å². The molecule has 0 radical (unpaired) electrons. The molecule has 4 heteroatoms. The summed E-state index contributed by atoms with van der Waals surface area (Å²) in [5.41, 5.74) is 0. The third kappa shape index (κ3) is 5.47. The molecule has 15 heavy (non-hydrogen) atoms. The van der Waals surface area contributed by atoms with E-state index in [1.807, 2.05) is 14.0 Å². The second-order valence-corrected chi connectivity index (χ2v) is 3.90. The van der Waals surface area contributed by atoms with Crippen molar-refractivity contribution in [3.05, 3.63) is 0 Å². The third-order valence-corrected chi connectivity index (χ3v) is 2.62. The van der Waals surface area contributed by atoms with Crippen LogP contribution >= 0.6 is 0 Å². The van der Waals surface area contributed by atoms with Gasteiger partial charge in [-0.15, -0.1) is 0 Å². The lowest BCUT2D eigenvalue weighted by molar-refractivity contribution is -0.0284. The molecular formula is C11H24N2O2. The molecule has 0 aromatic heterocycles. The summed E-state index contributed by atoms with van der Waals surface area (Å²) in [4.78, 5) is 2.46. The Labute approximate surface area is 92.9 Å². The Kier molecular flexibility index (Phi) is 6.92. The van der Waals surface area contributed by atoms with E-state index in [2.05, 4.69) is 10.2 Å². The van der Waals surface area contributed by atoms with Gasteiger partial charge in [0.05, 0.1) is 12.7 Å². The van der Waals surface area contributed by atoms with Crippen molar-refractivity contribution >= 4 is 0 Å². The maximum Gasteiger partial charge on any atom is 0.0826 e. The van der Waals surface area contributed by atoms with E-state index >= 15 is 0 Å². The maximum absolute atomic E-state index is 5.64. The Hall–Kier alpha value is -0.160. The molecule has 0 aromatic carbocycles. The van der Waals surface area contributed by atoms with Crippen LogP contribution in [-0.4, -0.2) is 64.1 Å². The fraction of sp³-hybridized carbons (Fsp3) is 1.00. The van der Waals surface area contributed by atoms with Crippen molar-refractivity contribution in [2.24, 2.45) is 0 Å². The molecule has 0 bridgehead atoms. The largest absolute Gasteiger partial charge is 0.382 e. The number of nitrogens with one attached hydrogen (secondary N) is 1. The molecule has 1 aliphatic heterocycles. The van der Waals surface area contributed by atoms with Crippen molar-refractivity contribution in [1.82, 2.24) is 10.2 Å². The van der Waals surface area contributed by atoms with Crippen LogP contribution in [0, 0.1) is 0 Å². The number of morpholine rings is 1. The van der Waals surface area contributed by atoms with Gasteiger partial charge in [0.1, 0.15) is 0 Å². The zero-order valence-corrected chi connectivity index (χ0v) is 10.00. The monoisotopic (exact) mass is 216 g/mol. The second-order valence-electron chi connectivity index (χ2n) is 3.90. The molecule has 4 nitrogen and oxygen atoms in total. The number of ether oxygens (including phenoxy) is 2. The molecular weight excluding hydrogens is 192 g/mol. The van der Waals surface area contributed by atoms with E-state index in [1.54, 1.807) is 0 Å². The Morgan fingerprint density at radius 1 is 1.53 bits per heavy atom.